The van der Waals surface area contributed by atoms with Crippen molar-refractivity contribution < 1.29 is 62.3 Å². The molecule has 0 unspecified atom stereocenters. The minimum atomic E-state index is -5.37. The van der Waals surface area contributed by atoms with Crippen LogP contribution < -0.4 is 10.6 Å². The van der Waals surface area contributed by atoms with E-state index in [-0.39, 0.29) is 57.9 Å². The minimum Gasteiger partial charge on any atom is -0.325 e. The Hall–Kier alpha value is -5.02. The number of hydrogen-bond donors (Lipinski definition) is 2. The quantitative estimate of drug-likeness (QED) is 0.158. The third kappa shape index (κ3) is 8.23. The summed E-state index contributed by atoms with van der Waals surface area (Å²) < 4.78 is 160. The van der Waals surface area contributed by atoms with E-state index in [9.17, 15) is 62.3 Å². The van der Waals surface area contributed by atoms with Gasteiger partial charge in [0.1, 0.15) is 6.42 Å². The molecule has 0 fully saturated rings. The van der Waals surface area contributed by atoms with Gasteiger partial charge in [0.25, 0.3) is 0 Å². The van der Waals surface area contributed by atoms with Crippen LogP contribution in [0.2, 0.25) is 0 Å². The SMILES string of the molecule is O=C(CC(=O)Nc1ccccc1-c1ccc(C(F)(F)F)c(C(F)(F)F)c1)Nc1ccccc1-c1ccc(C(F)(F)F)c(C(F)(F)F)c1. The summed E-state index contributed by atoms with van der Waals surface area (Å²) in [6.07, 6.45) is -22.3. The molecule has 0 aliphatic rings. The molecule has 0 heterocycles. The molecule has 0 radical (unpaired) electrons. The molecule has 0 atom stereocenters. The van der Waals surface area contributed by atoms with Gasteiger partial charge in [-0.15, -0.1) is 0 Å². The normalized spacial score (nSPS) is 12.5. The average molecular weight is 678 g/mol. The van der Waals surface area contributed by atoms with Crippen molar-refractivity contribution in [2.24, 2.45) is 0 Å². The van der Waals surface area contributed by atoms with Crippen molar-refractivity contribution >= 4 is 23.2 Å². The number of hydrogen-bond acceptors (Lipinski definition) is 2. The lowest BCUT2D eigenvalue weighted by atomic mass is 9.97. The van der Waals surface area contributed by atoms with Crippen LogP contribution in [0, 0.1) is 0 Å². The number of halogens is 12. The summed E-state index contributed by atoms with van der Waals surface area (Å²) in [6.45, 7) is 0. The fourth-order valence-corrected chi connectivity index (χ4v) is 4.61. The summed E-state index contributed by atoms with van der Waals surface area (Å²) in [4.78, 5) is 25.4. The number of nitrogens with one attached hydrogen (secondary N) is 2. The molecule has 4 nitrogen and oxygen atoms in total. The van der Waals surface area contributed by atoms with Gasteiger partial charge < -0.3 is 10.6 Å². The van der Waals surface area contributed by atoms with Gasteiger partial charge in [0.2, 0.25) is 11.8 Å². The topological polar surface area (TPSA) is 58.2 Å². The smallest absolute Gasteiger partial charge is 0.325 e. The largest absolute Gasteiger partial charge is 0.417 e. The molecule has 0 spiro atoms. The number of anilines is 2. The van der Waals surface area contributed by atoms with E-state index >= 15 is 0 Å². The molecular formula is C31H18F12N2O2. The number of alkyl halides is 12. The molecule has 4 rings (SSSR count). The number of benzene rings is 4. The fourth-order valence-electron chi connectivity index (χ4n) is 4.61. The van der Waals surface area contributed by atoms with Crippen molar-refractivity contribution in [3.8, 4) is 22.3 Å². The van der Waals surface area contributed by atoms with Gasteiger partial charge in [-0.1, -0.05) is 48.5 Å². The predicted octanol–water partition coefficient (Wildman–Crippen LogP) is 10.1. The third-order valence-electron chi connectivity index (χ3n) is 6.61. The lowest BCUT2D eigenvalue weighted by Gasteiger charge is -2.18. The molecule has 0 bridgehead atoms. The summed E-state index contributed by atoms with van der Waals surface area (Å²) in [5.41, 5.74) is -9.00. The van der Waals surface area contributed by atoms with Gasteiger partial charge in [0, 0.05) is 22.5 Å². The van der Waals surface area contributed by atoms with E-state index in [1.807, 2.05) is 0 Å². The highest BCUT2D eigenvalue weighted by Crippen LogP contribution is 2.44. The summed E-state index contributed by atoms with van der Waals surface area (Å²) in [6, 6.07) is 12.8. The van der Waals surface area contributed by atoms with Crippen LogP contribution in [0.3, 0.4) is 0 Å². The van der Waals surface area contributed by atoms with E-state index in [4.69, 9.17) is 0 Å². The molecule has 4 aromatic carbocycles. The average Bonchev–Trinajstić information content (AvgIpc) is 2.95. The second kappa shape index (κ2) is 12.6. The molecular weight excluding hydrogens is 660 g/mol. The van der Waals surface area contributed by atoms with Gasteiger partial charge >= 0.3 is 24.7 Å². The lowest BCUT2D eigenvalue weighted by Crippen LogP contribution is -2.22. The molecule has 4 aromatic rings. The number of carbonyl (C=O) groups excluding carboxylic acids is 2. The van der Waals surface area contributed by atoms with E-state index < -0.39 is 65.2 Å². The van der Waals surface area contributed by atoms with E-state index in [1.54, 1.807) is 0 Å². The van der Waals surface area contributed by atoms with Crippen molar-refractivity contribution in [3.05, 3.63) is 107 Å². The second-order valence-corrected chi connectivity index (χ2v) is 9.88. The highest BCUT2D eigenvalue weighted by atomic mass is 19.4. The van der Waals surface area contributed by atoms with Crippen LogP contribution in [-0.2, 0) is 34.3 Å². The van der Waals surface area contributed by atoms with Gasteiger partial charge in [-0.3, -0.25) is 9.59 Å². The van der Waals surface area contributed by atoms with E-state index in [2.05, 4.69) is 10.6 Å². The molecule has 16 heteroatoms. The summed E-state index contributed by atoms with van der Waals surface area (Å²) >= 11 is 0. The molecule has 2 N–H and O–H groups in total. The molecule has 0 saturated heterocycles. The zero-order valence-electron chi connectivity index (χ0n) is 23.1. The van der Waals surface area contributed by atoms with Crippen molar-refractivity contribution in [3.63, 3.8) is 0 Å². The first-order valence-corrected chi connectivity index (χ1v) is 13.0. The zero-order chi connectivity index (χ0) is 34.9. The van der Waals surface area contributed by atoms with Crippen molar-refractivity contribution in [1.82, 2.24) is 0 Å². The van der Waals surface area contributed by atoms with Crippen LogP contribution in [0.5, 0.6) is 0 Å². The number of amides is 2. The summed E-state index contributed by atoms with van der Waals surface area (Å²) in [7, 11) is 0. The standard InChI is InChI=1S/C31H18F12N2O2/c32-28(33,34)20-11-9-16(13-22(20)30(38,39)40)18-5-1-3-7-24(18)44-26(46)15-27(47)45-25-8-4-2-6-19(25)17-10-12-21(29(35,36)37)23(14-17)31(41,42)43/h1-14H,15H2,(H,44,46)(H,45,47). The first-order chi connectivity index (χ1) is 21.7. The Morgan fingerprint density at radius 3 is 1.09 bits per heavy atom. The molecule has 2 amide bonds. The maximum atomic E-state index is 13.5. The lowest BCUT2D eigenvalue weighted by molar-refractivity contribution is -0.162. The molecule has 248 valence electrons. The van der Waals surface area contributed by atoms with Gasteiger partial charge in [-0.25, -0.2) is 0 Å². The van der Waals surface area contributed by atoms with Gasteiger partial charge in [-0.05, 0) is 47.5 Å². The molecule has 0 aromatic heterocycles. The first kappa shape index (κ1) is 34.8. The Kier molecular flexibility index (Phi) is 9.37. The Morgan fingerprint density at radius 1 is 0.447 bits per heavy atom. The Bertz CT molecular complexity index is 1680. The van der Waals surface area contributed by atoms with Crippen molar-refractivity contribution in [1.29, 1.82) is 0 Å². The van der Waals surface area contributed by atoms with Crippen molar-refractivity contribution in [2.75, 3.05) is 10.6 Å². The van der Waals surface area contributed by atoms with Crippen LogP contribution in [0.25, 0.3) is 22.3 Å². The monoisotopic (exact) mass is 678 g/mol. The predicted molar refractivity (Wildman–Crippen MR) is 146 cm³/mol. The van der Waals surface area contributed by atoms with E-state index in [0.717, 1.165) is 12.1 Å². The van der Waals surface area contributed by atoms with Crippen LogP contribution in [0.15, 0.2) is 84.9 Å². The van der Waals surface area contributed by atoms with Crippen LogP contribution in [0.1, 0.15) is 28.7 Å². The summed E-state index contributed by atoms with van der Waals surface area (Å²) in [5, 5.41) is 4.57. The van der Waals surface area contributed by atoms with E-state index in [0.29, 0.717) is 0 Å². The first-order valence-electron chi connectivity index (χ1n) is 13.0. The molecule has 0 saturated carbocycles. The highest BCUT2D eigenvalue weighted by Gasteiger charge is 2.44. The van der Waals surface area contributed by atoms with Gasteiger partial charge in [-0.2, -0.15) is 52.7 Å². The van der Waals surface area contributed by atoms with Crippen LogP contribution in [-0.4, -0.2) is 11.8 Å². The Balaban J connectivity index is 1.57. The number of rotatable bonds is 6. The van der Waals surface area contributed by atoms with Crippen LogP contribution >= 0.6 is 0 Å². The summed E-state index contributed by atoms with van der Waals surface area (Å²) in [5.74, 6) is -2.08. The fraction of sp³-hybridized carbons (Fsp3) is 0.161. The van der Waals surface area contributed by atoms with Gasteiger partial charge in [0.15, 0.2) is 0 Å². The maximum Gasteiger partial charge on any atom is 0.417 e. The van der Waals surface area contributed by atoms with Crippen LogP contribution in [0.4, 0.5) is 64.1 Å². The minimum absolute atomic E-state index is 0.117. The zero-order valence-corrected chi connectivity index (χ0v) is 23.1. The Morgan fingerprint density at radius 2 is 0.766 bits per heavy atom. The number of carbonyl (C=O) groups is 2. The molecule has 47 heavy (non-hydrogen) atoms. The van der Waals surface area contributed by atoms with Crippen molar-refractivity contribution in [2.45, 2.75) is 31.1 Å². The number of para-hydroxylation sites is 2. The third-order valence-corrected chi connectivity index (χ3v) is 6.61. The molecule has 0 aliphatic heterocycles. The molecule has 0 aliphatic carbocycles. The maximum absolute atomic E-state index is 13.5. The second-order valence-electron chi connectivity index (χ2n) is 9.88. The van der Waals surface area contributed by atoms with E-state index in [1.165, 1.54) is 48.5 Å². The highest BCUT2D eigenvalue weighted by molar-refractivity contribution is 6.10. The Labute approximate surface area is 257 Å². The van der Waals surface area contributed by atoms with Gasteiger partial charge in [0.05, 0.1) is 22.3 Å².